The highest BCUT2D eigenvalue weighted by molar-refractivity contribution is 5.63. The number of alkyl halides is 3. The van der Waals surface area contributed by atoms with Crippen molar-refractivity contribution in [2.75, 3.05) is 17.2 Å². The zero-order chi connectivity index (χ0) is 20.9. The van der Waals surface area contributed by atoms with Crippen LogP contribution < -0.4 is 15.4 Å². The van der Waals surface area contributed by atoms with Gasteiger partial charge in [-0.1, -0.05) is 6.92 Å². The maximum Gasteiger partial charge on any atom is 0.421 e. The molecular weight excluding hydrogens is 388 g/mol. The van der Waals surface area contributed by atoms with Crippen molar-refractivity contribution in [2.45, 2.75) is 19.5 Å². The van der Waals surface area contributed by atoms with Gasteiger partial charge in [0.05, 0.1) is 6.61 Å². The van der Waals surface area contributed by atoms with Crippen LogP contribution in [0.5, 0.6) is 5.75 Å². The highest BCUT2D eigenvalue weighted by atomic mass is 19.4. The molecule has 2 N–H and O–H groups in total. The third kappa shape index (κ3) is 5.56. The summed E-state index contributed by atoms with van der Waals surface area (Å²) in [5.41, 5.74) is -0.184. The molecule has 0 atom stereocenters. The largest absolute Gasteiger partial charge is 0.494 e. The number of aromatic nitrogens is 2. The second-order valence-electron chi connectivity index (χ2n) is 6.08. The van der Waals surface area contributed by atoms with Crippen LogP contribution in [0.1, 0.15) is 18.9 Å². The predicted molar refractivity (Wildman–Crippen MR) is 102 cm³/mol. The molecule has 1 aromatic heterocycles. The van der Waals surface area contributed by atoms with E-state index in [9.17, 15) is 17.6 Å². The zero-order valence-electron chi connectivity index (χ0n) is 15.4. The first-order chi connectivity index (χ1) is 13.8. The average Bonchev–Trinajstić information content (AvgIpc) is 2.68. The number of anilines is 4. The normalized spacial score (nSPS) is 11.2. The second kappa shape index (κ2) is 8.76. The minimum absolute atomic E-state index is 0.0233. The van der Waals surface area contributed by atoms with Crippen LogP contribution >= 0.6 is 0 Å². The zero-order valence-corrected chi connectivity index (χ0v) is 15.4. The molecule has 2 aromatic carbocycles. The monoisotopic (exact) mass is 406 g/mol. The average molecular weight is 406 g/mol. The number of hydrogen-bond acceptors (Lipinski definition) is 5. The van der Waals surface area contributed by atoms with Crippen molar-refractivity contribution in [2.24, 2.45) is 0 Å². The standard InChI is InChI=1S/C20H18F4N4O/c1-2-11-29-16-9-7-15(8-10-16)27-19-25-12-17(20(22,23)24)18(28-19)26-14-5-3-13(21)4-6-14/h3-10,12H,2,11H2,1H3,(H2,25,26,27,28). The summed E-state index contributed by atoms with van der Waals surface area (Å²) in [5.74, 6) is -0.276. The minimum atomic E-state index is -4.65. The molecule has 0 bridgehead atoms. The molecule has 0 unspecified atom stereocenters. The maximum absolute atomic E-state index is 13.3. The molecule has 0 saturated carbocycles. The second-order valence-corrected chi connectivity index (χ2v) is 6.08. The Bertz CT molecular complexity index is 944. The number of nitrogens with zero attached hydrogens (tertiary/aromatic N) is 2. The molecule has 29 heavy (non-hydrogen) atoms. The number of benzene rings is 2. The Morgan fingerprint density at radius 2 is 1.55 bits per heavy atom. The van der Waals surface area contributed by atoms with Crippen LogP contribution in [-0.2, 0) is 6.18 Å². The number of hydrogen-bond donors (Lipinski definition) is 2. The molecule has 0 spiro atoms. The summed E-state index contributed by atoms with van der Waals surface area (Å²) in [6.07, 6.45) is -3.08. The summed E-state index contributed by atoms with van der Waals surface area (Å²) >= 11 is 0. The highest BCUT2D eigenvalue weighted by Crippen LogP contribution is 2.35. The molecule has 152 valence electrons. The van der Waals surface area contributed by atoms with E-state index in [0.717, 1.165) is 18.6 Å². The molecule has 3 rings (SSSR count). The minimum Gasteiger partial charge on any atom is -0.494 e. The van der Waals surface area contributed by atoms with Gasteiger partial charge in [-0.2, -0.15) is 18.2 Å². The summed E-state index contributed by atoms with van der Waals surface area (Å²) in [6.45, 7) is 2.59. The molecule has 0 aliphatic rings. The van der Waals surface area contributed by atoms with Crippen molar-refractivity contribution in [3.63, 3.8) is 0 Å². The lowest BCUT2D eigenvalue weighted by Crippen LogP contribution is -2.12. The van der Waals surface area contributed by atoms with Crippen LogP contribution in [0.3, 0.4) is 0 Å². The number of rotatable bonds is 7. The quantitative estimate of drug-likeness (QED) is 0.478. The third-order valence-corrected chi connectivity index (χ3v) is 3.78. The Labute approximate surface area is 164 Å². The van der Waals surface area contributed by atoms with Gasteiger partial charge in [0.2, 0.25) is 5.95 Å². The van der Waals surface area contributed by atoms with E-state index < -0.39 is 23.4 Å². The first kappa shape index (κ1) is 20.4. The number of halogens is 4. The topological polar surface area (TPSA) is 59.1 Å². The summed E-state index contributed by atoms with van der Waals surface area (Å²) in [6, 6.07) is 11.8. The van der Waals surface area contributed by atoms with Crippen molar-refractivity contribution in [1.82, 2.24) is 9.97 Å². The fourth-order valence-electron chi connectivity index (χ4n) is 2.40. The van der Waals surface area contributed by atoms with Crippen molar-refractivity contribution in [1.29, 1.82) is 0 Å². The van der Waals surface area contributed by atoms with Gasteiger partial charge in [-0.25, -0.2) is 9.37 Å². The Hall–Kier alpha value is -3.36. The van der Waals surface area contributed by atoms with E-state index >= 15 is 0 Å². The molecule has 1 heterocycles. The third-order valence-electron chi connectivity index (χ3n) is 3.78. The van der Waals surface area contributed by atoms with Crippen LogP contribution in [0.25, 0.3) is 0 Å². The predicted octanol–water partition coefficient (Wildman–Crippen LogP) is 5.91. The molecule has 0 aliphatic carbocycles. The summed E-state index contributed by atoms with van der Waals surface area (Å²) in [4.78, 5) is 7.70. The molecular formula is C20H18F4N4O. The maximum atomic E-state index is 13.3. The van der Waals surface area contributed by atoms with Gasteiger partial charge in [0.15, 0.2) is 0 Å². The SMILES string of the molecule is CCCOc1ccc(Nc2ncc(C(F)(F)F)c(Nc3ccc(F)cc3)n2)cc1. The van der Waals surface area contributed by atoms with Gasteiger partial charge in [-0.05, 0) is 55.0 Å². The van der Waals surface area contributed by atoms with Crippen LogP contribution in [0.2, 0.25) is 0 Å². The lowest BCUT2D eigenvalue weighted by atomic mass is 10.2. The fourth-order valence-corrected chi connectivity index (χ4v) is 2.40. The van der Waals surface area contributed by atoms with Crippen molar-refractivity contribution in [3.05, 3.63) is 66.1 Å². The summed E-state index contributed by atoms with van der Waals surface area (Å²) in [5, 5.41) is 5.42. The number of ether oxygens (including phenoxy) is 1. The van der Waals surface area contributed by atoms with E-state index in [4.69, 9.17) is 4.74 Å². The molecule has 9 heteroatoms. The Morgan fingerprint density at radius 3 is 2.17 bits per heavy atom. The van der Waals surface area contributed by atoms with Crippen LogP contribution in [0.15, 0.2) is 54.7 Å². The van der Waals surface area contributed by atoms with Gasteiger partial charge >= 0.3 is 6.18 Å². The first-order valence-electron chi connectivity index (χ1n) is 8.82. The van der Waals surface area contributed by atoms with Gasteiger partial charge in [0, 0.05) is 17.6 Å². The van der Waals surface area contributed by atoms with Crippen LogP contribution in [0, 0.1) is 5.82 Å². The van der Waals surface area contributed by atoms with Gasteiger partial charge in [-0.3, -0.25) is 0 Å². The van der Waals surface area contributed by atoms with Gasteiger partial charge in [0.1, 0.15) is 22.9 Å². The van der Waals surface area contributed by atoms with Crippen LogP contribution in [0.4, 0.5) is 40.7 Å². The van der Waals surface area contributed by atoms with Gasteiger partial charge in [0.25, 0.3) is 0 Å². The number of nitrogens with one attached hydrogen (secondary N) is 2. The van der Waals surface area contributed by atoms with E-state index in [1.165, 1.54) is 12.1 Å². The molecule has 5 nitrogen and oxygen atoms in total. The van der Waals surface area contributed by atoms with E-state index in [2.05, 4.69) is 20.6 Å². The van der Waals surface area contributed by atoms with E-state index in [1.54, 1.807) is 24.3 Å². The van der Waals surface area contributed by atoms with E-state index in [1.807, 2.05) is 6.92 Å². The first-order valence-corrected chi connectivity index (χ1v) is 8.82. The molecule has 0 saturated heterocycles. The summed E-state index contributed by atoms with van der Waals surface area (Å²) in [7, 11) is 0. The molecule has 0 fully saturated rings. The van der Waals surface area contributed by atoms with E-state index in [0.29, 0.717) is 24.2 Å². The lowest BCUT2D eigenvalue weighted by molar-refractivity contribution is -0.137. The molecule has 0 aliphatic heterocycles. The Kier molecular flexibility index (Phi) is 6.16. The Balaban J connectivity index is 1.83. The van der Waals surface area contributed by atoms with Gasteiger partial charge in [-0.15, -0.1) is 0 Å². The smallest absolute Gasteiger partial charge is 0.421 e. The molecule has 0 amide bonds. The lowest BCUT2D eigenvalue weighted by Gasteiger charge is -2.15. The van der Waals surface area contributed by atoms with Crippen LogP contribution in [-0.4, -0.2) is 16.6 Å². The van der Waals surface area contributed by atoms with Crippen molar-refractivity contribution >= 4 is 23.1 Å². The van der Waals surface area contributed by atoms with E-state index in [-0.39, 0.29) is 11.6 Å². The highest BCUT2D eigenvalue weighted by Gasteiger charge is 2.35. The molecule has 0 radical (unpaired) electrons. The summed E-state index contributed by atoms with van der Waals surface area (Å²) < 4.78 is 58.4. The Morgan fingerprint density at radius 1 is 0.931 bits per heavy atom. The molecule has 3 aromatic rings. The van der Waals surface area contributed by atoms with Crippen molar-refractivity contribution < 1.29 is 22.3 Å². The fraction of sp³-hybridized carbons (Fsp3) is 0.200. The van der Waals surface area contributed by atoms with Gasteiger partial charge < -0.3 is 15.4 Å². The van der Waals surface area contributed by atoms with Crippen molar-refractivity contribution in [3.8, 4) is 5.75 Å².